The molecule has 2 aliphatic rings. The smallest absolute Gasteiger partial charge is 0.0425 e. The van der Waals surface area contributed by atoms with Crippen LogP contribution in [0.4, 0.5) is 0 Å². The zero-order valence-electron chi connectivity index (χ0n) is 6.90. The molecule has 2 unspecified atom stereocenters. The van der Waals surface area contributed by atoms with Crippen LogP contribution in [0, 0.1) is 11.8 Å². The van der Waals surface area contributed by atoms with Gasteiger partial charge in [-0.15, -0.1) is 0 Å². The van der Waals surface area contributed by atoms with Gasteiger partial charge >= 0.3 is 0 Å². The first kappa shape index (κ1) is 6.89. The molecule has 0 aromatic carbocycles. The van der Waals surface area contributed by atoms with E-state index in [0.717, 1.165) is 18.4 Å². The summed E-state index contributed by atoms with van der Waals surface area (Å²) in [7, 11) is 2.04. The number of allylic oxidation sites excluding steroid dienone is 1. The third kappa shape index (κ3) is 1.30. The van der Waals surface area contributed by atoms with Gasteiger partial charge in [-0.3, -0.25) is 5.01 Å². The highest BCUT2D eigenvalue weighted by molar-refractivity contribution is 5.62. The van der Waals surface area contributed by atoms with Crippen molar-refractivity contribution in [3.8, 4) is 0 Å². The fraction of sp³-hybridized carbons (Fsp3) is 0.667. The minimum absolute atomic E-state index is 0.719. The van der Waals surface area contributed by atoms with Crippen LogP contribution in [0.15, 0.2) is 17.3 Å². The molecule has 0 aromatic rings. The first-order valence-electron chi connectivity index (χ1n) is 4.28. The molecule has 1 aliphatic carbocycles. The molecule has 0 radical (unpaired) electrons. The molecule has 2 nitrogen and oxygen atoms in total. The summed E-state index contributed by atoms with van der Waals surface area (Å²) in [6.07, 6.45) is 9.27. The molecule has 1 aliphatic heterocycles. The highest BCUT2D eigenvalue weighted by Crippen LogP contribution is 2.26. The Hall–Kier alpha value is -0.790. The molecule has 2 heteroatoms. The van der Waals surface area contributed by atoms with Crippen LogP contribution in [0.25, 0.3) is 0 Å². The number of hydrogen-bond donors (Lipinski definition) is 0. The van der Waals surface area contributed by atoms with Crippen molar-refractivity contribution in [3.63, 3.8) is 0 Å². The van der Waals surface area contributed by atoms with Gasteiger partial charge < -0.3 is 0 Å². The highest BCUT2D eigenvalue weighted by Gasteiger charge is 2.23. The molecule has 0 saturated carbocycles. The second-order valence-corrected chi connectivity index (χ2v) is 3.44. The third-order valence-electron chi connectivity index (χ3n) is 2.53. The van der Waals surface area contributed by atoms with Crippen LogP contribution in [-0.4, -0.2) is 24.8 Å². The van der Waals surface area contributed by atoms with Gasteiger partial charge in [0.2, 0.25) is 0 Å². The Morgan fingerprint density at radius 1 is 1.45 bits per heavy atom. The van der Waals surface area contributed by atoms with Crippen LogP contribution in [0.2, 0.25) is 0 Å². The minimum atomic E-state index is 0.719. The molecule has 1 heterocycles. The molecule has 0 saturated heterocycles. The Morgan fingerprint density at radius 2 is 2.36 bits per heavy atom. The average Bonchev–Trinajstić information content (AvgIpc) is 2.04. The summed E-state index contributed by atoms with van der Waals surface area (Å²) >= 11 is 0. The van der Waals surface area contributed by atoms with Crippen molar-refractivity contribution < 1.29 is 0 Å². The lowest BCUT2D eigenvalue weighted by Crippen LogP contribution is -2.33. The summed E-state index contributed by atoms with van der Waals surface area (Å²) in [5.74, 6) is 1.45. The number of nitrogens with zero attached hydrogens (tertiary/aromatic N) is 2. The summed E-state index contributed by atoms with van der Waals surface area (Å²) in [5, 5.41) is 6.31. The molecule has 0 amide bonds. The van der Waals surface area contributed by atoms with Gasteiger partial charge in [-0.25, -0.2) is 0 Å². The molecular weight excluding hydrogens is 136 g/mol. The Balaban J connectivity index is 2.14. The maximum absolute atomic E-state index is 4.29. The lowest BCUT2D eigenvalue weighted by atomic mass is 9.84. The fourth-order valence-corrected chi connectivity index (χ4v) is 1.85. The molecule has 0 bridgehead atoms. The zero-order chi connectivity index (χ0) is 7.68. The molecule has 60 valence electrons. The standard InChI is InChI=1S/C9H14N2/c1-11-7-9-5-3-2-4-8(9)6-10-11/h3,5-6,8-9H,2,4,7H2,1H3. The average molecular weight is 150 g/mol. The fourth-order valence-electron chi connectivity index (χ4n) is 1.85. The predicted octanol–water partition coefficient (Wildman–Crippen LogP) is 1.50. The summed E-state index contributed by atoms with van der Waals surface area (Å²) in [6.45, 7) is 1.09. The molecule has 2 atom stereocenters. The lowest BCUT2D eigenvalue weighted by molar-refractivity contribution is 0.256. The molecule has 0 fully saturated rings. The Bertz CT molecular complexity index is 196. The molecule has 0 spiro atoms. The molecule has 2 rings (SSSR count). The van der Waals surface area contributed by atoms with Gasteiger partial charge in [-0.2, -0.15) is 5.10 Å². The van der Waals surface area contributed by atoms with E-state index in [2.05, 4.69) is 23.5 Å². The SMILES string of the molecule is CN1CC2C=CCCC2C=N1. The molecule has 0 aromatic heterocycles. The lowest BCUT2D eigenvalue weighted by Gasteiger charge is -2.31. The Morgan fingerprint density at radius 3 is 3.27 bits per heavy atom. The van der Waals surface area contributed by atoms with E-state index in [1.807, 2.05) is 12.1 Å². The van der Waals surface area contributed by atoms with E-state index in [9.17, 15) is 0 Å². The van der Waals surface area contributed by atoms with Crippen molar-refractivity contribution in [3.05, 3.63) is 12.2 Å². The van der Waals surface area contributed by atoms with E-state index in [-0.39, 0.29) is 0 Å². The number of hydrogen-bond acceptors (Lipinski definition) is 2. The first-order chi connectivity index (χ1) is 5.36. The normalized spacial score (nSPS) is 35.5. The summed E-state index contributed by atoms with van der Waals surface area (Å²) in [6, 6.07) is 0. The minimum Gasteiger partial charge on any atom is -0.300 e. The van der Waals surface area contributed by atoms with Crippen molar-refractivity contribution in [2.24, 2.45) is 16.9 Å². The quantitative estimate of drug-likeness (QED) is 0.478. The van der Waals surface area contributed by atoms with Crippen molar-refractivity contribution in [1.82, 2.24) is 5.01 Å². The highest BCUT2D eigenvalue weighted by atomic mass is 15.4. The van der Waals surface area contributed by atoms with Crippen LogP contribution < -0.4 is 0 Å². The van der Waals surface area contributed by atoms with E-state index in [1.165, 1.54) is 12.8 Å². The monoisotopic (exact) mass is 150 g/mol. The third-order valence-corrected chi connectivity index (χ3v) is 2.53. The van der Waals surface area contributed by atoms with Gasteiger partial charge in [0.15, 0.2) is 0 Å². The van der Waals surface area contributed by atoms with Gasteiger partial charge in [-0.1, -0.05) is 12.2 Å². The van der Waals surface area contributed by atoms with Crippen molar-refractivity contribution in [1.29, 1.82) is 0 Å². The predicted molar refractivity (Wildman–Crippen MR) is 46.5 cm³/mol. The maximum Gasteiger partial charge on any atom is 0.0425 e. The molecule has 11 heavy (non-hydrogen) atoms. The summed E-state index contributed by atoms with van der Waals surface area (Å²) in [5.41, 5.74) is 0. The number of fused-ring (bicyclic) bond motifs is 1. The summed E-state index contributed by atoms with van der Waals surface area (Å²) < 4.78 is 0. The number of hydrazone groups is 1. The van der Waals surface area contributed by atoms with Crippen molar-refractivity contribution in [2.75, 3.05) is 13.6 Å². The topological polar surface area (TPSA) is 15.6 Å². The van der Waals surface area contributed by atoms with Crippen LogP contribution in [0.1, 0.15) is 12.8 Å². The van der Waals surface area contributed by atoms with Gasteiger partial charge in [0.1, 0.15) is 0 Å². The van der Waals surface area contributed by atoms with Crippen LogP contribution in [0.3, 0.4) is 0 Å². The van der Waals surface area contributed by atoms with Gasteiger partial charge in [0.25, 0.3) is 0 Å². The van der Waals surface area contributed by atoms with Crippen LogP contribution in [-0.2, 0) is 0 Å². The second kappa shape index (κ2) is 2.68. The largest absolute Gasteiger partial charge is 0.300 e. The van der Waals surface area contributed by atoms with Crippen molar-refractivity contribution in [2.45, 2.75) is 12.8 Å². The van der Waals surface area contributed by atoms with E-state index >= 15 is 0 Å². The number of rotatable bonds is 0. The Kier molecular flexibility index (Phi) is 1.68. The van der Waals surface area contributed by atoms with Gasteiger partial charge in [-0.05, 0) is 12.8 Å². The molecular formula is C9H14N2. The van der Waals surface area contributed by atoms with Gasteiger partial charge in [0.05, 0.1) is 0 Å². The Labute approximate surface area is 67.6 Å². The van der Waals surface area contributed by atoms with E-state index in [4.69, 9.17) is 0 Å². The second-order valence-electron chi connectivity index (χ2n) is 3.44. The van der Waals surface area contributed by atoms with Gasteiger partial charge in [0, 0.05) is 31.6 Å². The maximum atomic E-state index is 4.29. The van der Waals surface area contributed by atoms with Crippen molar-refractivity contribution >= 4 is 6.21 Å². The first-order valence-corrected chi connectivity index (χ1v) is 4.28. The molecule has 0 N–H and O–H groups in total. The van der Waals surface area contributed by atoms with E-state index < -0.39 is 0 Å². The van der Waals surface area contributed by atoms with E-state index in [0.29, 0.717) is 0 Å². The van der Waals surface area contributed by atoms with Crippen LogP contribution in [0.5, 0.6) is 0 Å². The van der Waals surface area contributed by atoms with Crippen LogP contribution >= 0.6 is 0 Å². The zero-order valence-corrected chi connectivity index (χ0v) is 6.90. The van der Waals surface area contributed by atoms with E-state index in [1.54, 1.807) is 0 Å². The summed E-state index contributed by atoms with van der Waals surface area (Å²) in [4.78, 5) is 0.